The number of pyridine rings is 1. The van der Waals surface area contributed by atoms with E-state index in [0.717, 1.165) is 22.5 Å². The number of benzene rings is 2. The van der Waals surface area contributed by atoms with Crippen LogP contribution in [0.3, 0.4) is 0 Å². The number of nitrogens with zero attached hydrogens (tertiary/aromatic N) is 1. The van der Waals surface area contributed by atoms with Crippen molar-refractivity contribution in [2.24, 2.45) is 0 Å². The summed E-state index contributed by atoms with van der Waals surface area (Å²) in [5.74, 6) is 0.374. The average molecular weight is 281 g/mol. The number of halogens is 1. The number of aromatic nitrogens is 1. The van der Waals surface area contributed by atoms with Gasteiger partial charge in [0.25, 0.3) is 0 Å². The number of rotatable bonds is 1. The lowest BCUT2D eigenvalue weighted by Crippen LogP contribution is -2.03. The van der Waals surface area contributed by atoms with Crippen molar-refractivity contribution in [1.82, 2.24) is 4.98 Å². The molecule has 0 radical (unpaired) electrons. The number of hydrogen-bond acceptors (Lipinski definition) is 2. The number of fused-ring (bicyclic) bond motifs is 3. The van der Waals surface area contributed by atoms with Crippen molar-refractivity contribution in [3.05, 3.63) is 70.9 Å². The Balaban J connectivity index is 1.89. The third kappa shape index (κ3) is 1.76. The van der Waals surface area contributed by atoms with Gasteiger partial charge in [-0.2, -0.15) is 0 Å². The summed E-state index contributed by atoms with van der Waals surface area (Å²) >= 11 is 6.03. The van der Waals surface area contributed by atoms with Crippen LogP contribution >= 0.6 is 11.6 Å². The van der Waals surface area contributed by atoms with E-state index in [2.05, 4.69) is 34.6 Å². The first-order valence-corrected chi connectivity index (χ1v) is 7.08. The molecule has 1 aromatic heterocycles. The zero-order valence-corrected chi connectivity index (χ0v) is 11.6. The molecule has 98 valence electrons. The first-order chi connectivity index (χ1) is 9.83. The molecule has 2 aromatic carbocycles. The van der Waals surface area contributed by atoms with Crippen LogP contribution < -0.4 is 5.32 Å². The molecule has 0 saturated heterocycles. The van der Waals surface area contributed by atoms with E-state index in [-0.39, 0.29) is 0 Å². The van der Waals surface area contributed by atoms with Gasteiger partial charge >= 0.3 is 0 Å². The lowest BCUT2D eigenvalue weighted by molar-refractivity contribution is 0.902. The van der Waals surface area contributed by atoms with Crippen molar-refractivity contribution >= 4 is 28.2 Å². The van der Waals surface area contributed by atoms with Crippen molar-refractivity contribution in [1.29, 1.82) is 0 Å². The Kier molecular flexibility index (Phi) is 2.64. The maximum Gasteiger partial charge on any atom is 0.0737 e. The summed E-state index contributed by atoms with van der Waals surface area (Å²) in [4.78, 5) is 4.56. The molecule has 3 aromatic rings. The molecule has 0 bridgehead atoms. The molecule has 0 aliphatic carbocycles. The van der Waals surface area contributed by atoms with Crippen LogP contribution in [0, 0.1) is 0 Å². The molecular weight excluding hydrogens is 268 g/mol. The van der Waals surface area contributed by atoms with Gasteiger partial charge in [0.2, 0.25) is 0 Å². The SMILES string of the molecule is Clc1ccc2c3c(cnc2c1)C(c1ccccc1)CN3. The van der Waals surface area contributed by atoms with Crippen LogP contribution in [0.1, 0.15) is 17.0 Å². The highest BCUT2D eigenvalue weighted by Gasteiger charge is 2.25. The second-order valence-electron chi connectivity index (χ2n) is 5.09. The molecule has 2 nitrogen and oxygen atoms in total. The Bertz CT molecular complexity index is 784. The number of hydrogen-bond donors (Lipinski definition) is 1. The van der Waals surface area contributed by atoms with Gasteiger partial charge in [0.05, 0.1) is 5.52 Å². The summed E-state index contributed by atoms with van der Waals surface area (Å²) in [6.45, 7) is 0.919. The van der Waals surface area contributed by atoms with E-state index in [0.29, 0.717) is 5.92 Å². The van der Waals surface area contributed by atoms with E-state index in [1.807, 2.05) is 30.5 Å². The molecule has 0 amide bonds. The highest BCUT2D eigenvalue weighted by atomic mass is 35.5. The molecule has 4 rings (SSSR count). The Morgan fingerprint density at radius 1 is 1.10 bits per heavy atom. The summed E-state index contributed by atoms with van der Waals surface area (Å²) in [6, 6.07) is 16.4. The van der Waals surface area contributed by atoms with Gasteiger partial charge in [-0.3, -0.25) is 4.98 Å². The summed E-state index contributed by atoms with van der Waals surface area (Å²) in [5, 5.41) is 5.40. The average Bonchev–Trinajstić information content (AvgIpc) is 2.92. The fourth-order valence-electron chi connectivity index (χ4n) is 2.94. The van der Waals surface area contributed by atoms with Crippen molar-refractivity contribution < 1.29 is 0 Å². The normalized spacial score (nSPS) is 16.9. The smallest absolute Gasteiger partial charge is 0.0737 e. The Labute approximate surface area is 122 Å². The maximum atomic E-state index is 6.03. The monoisotopic (exact) mass is 280 g/mol. The Hall–Kier alpha value is -2.06. The van der Waals surface area contributed by atoms with Crippen LogP contribution in [0.15, 0.2) is 54.7 Å². The van der Waals surface area contributed by atoms with Gasteiger partial charge in [0.1, 0.15) is 0 Å². The zero-order valence-electron chi connectivity index (χ0n) is 10.8. The molecule has 1 N–H and O–H groups in total. The summed E-state index contributed by atoms with van der Waals surface area (Å²) < 4.78 is 0. The second kappa shape index (κ2) is 4.50. The van der Waals surface area contributed by atoms with Crippen LogP contribution in [-0.2, 0) is 0 Å². The summed E-state index contributed by atoms with van der Waals surface area (Å²) in [6.07, 6.45) is 1.98. The highest BCUT2D eigenvalue weighted by Crippen LogP contribution is 2.39. The fraction of sp³-hybridized carbons (Fsp3) is 0.118. The van der Waals surface area contributed by atoms with E-state index in [1.165, 1.54) is 16.8 Å². The predicted molar refractivity (Wildman–Crippen MR) is 83.5 cm³/mol. The van der Waals surface area contributed by atoms with Gasteiger partial charge in [-0.1, -0.05) is 41.9 Å². The van der Waals surface area contributed by atoms with Crippen molar-refractivity contribution in [3.63, 3.8) is 0 Å². The molecule has 1 aliphatic rings. The van der Waals surface area contributed by atoms with E-state index >= 15 is 0 Å². The van der Waals surface area contributed by atoms with Gasteiger partial charge in [0.15, 0.2) is 0 Å². The zero-order chi connectivity index (χ0) is 13.5. The Morgan fingerprint density at radius 2 is 1.95 bits per heavy atom. The Morgan fingerprint density at radius 3 is 2.80 bits per heavy atom. The lowest BCUT2D eigenvalue weighted by Gasteiger charge is -2.10. The van der Waals surface area contributed by atoms with E-state index in [9.17, 15) is 0 Å². The molecule has 0 spiro atoms. The number of nitrogens with one attached hydrogen (secondary N) is 1. The third-order valence-corrected chi connectivity index (χ3v) is 4.16. The van der Waals surface area contributed by atoms with Crippen molar-refractivity contribution in [2.45, 2.75) is 5.92 Å². The first-order valence-electron chi connectivity index (χ1n) is 6.70. The van der Waals surface area contributed by atoms with Crippen LogP contribution in [-0.4, -0.2) is 11.5 Å². The second-order valence-corrected chi connectivity index (χ2v) is 5.53. The topological polar surface area (TPSA) is 24.9 Å². The van der Waals surface area contributed by atoms with Crippen LogP contribution in [0.5, 0.6) is 0 Å². The molecule has 20 heavy (non-hydrogen) atoms. The minimum Gasteiger partial charge on any atom is -0.383 e. The minimum atomic E-state index is 0.374. The van der Waals surface area contributed by atoms with Gasteiger partial charge in [-0.05, 0) is 23.8 Å². The fourth-order valence-corrected chi connectivity index (χ4v) is 3.11. The van der Waals surface area contributed by atoms with E-state index in [1.54, 1.807) is 0 Å². The van der Waals surface area contributed by atoms with Gasteiger partial charge < -0.3 is 5.32 Å². The third-order valence-electron chi connectivity index (χ3n) is 3.92. The molecule has 0 saturated carbocycles. The molecule has 1 aliphatic heterocycles. The summed E-state index contributed by atoms with van der Waals surface area (Å²) in [7, 11) is 0. The molecular formula is C17H13ClN2. The molecule has 1 atom stereocenters. The van der Waals surface area contributed by atoms with Crippen molar-refractivity contribution in [3.8, 4) is 0 Å². The van der Waals surface area contributed by atoms with Gasteiger partial charge in [-0.15, -0.1) is 0 Å². The standard InChI is InChI=1S/C17H13ClN2/c18-12-6-7-13-16(8-12)19-10-15-14(9-20-17(13)15)11-4-2-1-3-5-11/h1-8,10,14,20H,9H2. The molecule has 1 unspecified atom stereocenters. The predicted octanol–water partition coefficient (Wildman–Crippen LogP) is 4.45. The largest absolute Gasteiger partial charge is 0.383 e. The molecule has 2 heterocycles. The van der Waals surface area contributed by atoms with Gasteiger partial charge in [-0.25, -0.2) is 0 Å². The lowest BCUT2D eigenvalue weighted by atomic mass is 9.93. The molecule has 3 heteroatoms. The van der Waals surface area contributed by atoms with E-state index < -0.39 is 0 Å². The van der Waals surface area contributed by atoms with Crippen LogP contribution in [0.25, 0.3) is 10.9 Å². The number of anilines is 1. The quantitative estimate of drug-likeness (QED) is 0.712. The van der Waals surface area contributed by atoms with Crippen molar-refractivity contribution in [2.75, 3.05) is 11.9 Å². The summed E-state index contributed by atoms with van der Waals surface area (Å²) in [5.41, 5.74) is 4.73. The van der Waals surface area contributed by atoms with Crippen LogP contribution in [0.4, 0.5) is 5.69 Å². The first kappa shape index (κ1) is 11.7. The minimum absolute atomic E-state index is 0.374. The van der Waals surface area contributed by atoms with Gasteiger partial charge in [0, 0.05) is 40.3 Å². The maximum absolute atomic E-state index is 6.03. The highest BCUT2D eigenvalue weighted by molar-refractivity contribution is 6.31. The van der Waals surface area contributed by atoms with Crippen LogP contribution in [0.2, 0.25) is 5.02 Å². The van der Waals surface area contributed by atoms with E-state index in [4.69, 9.17) is 11.6 Å². The molecule has 0 fully saturated rings.